The van der Waals surface area contributed by atoms with E-state index < -0.39 is 5.60 Å². The van der Waals surface area contributed by atoms with Crippen molar-refractivity contribution in [3.8, 4) is 11.1 Å². The first kappa shape index (κ1) is 21.0. The molecule has 4 N–H and O–H groups in total. The molecule has 3 heterocycles. The fourth-order valence-corrected chi connectivity index (χ4v) is 4.01. The Morgan fingerprint density at radius 3 is 2.81 bits per heavy atom. The predicted octanol–water partition coefficient (Wildman–Crippen LogP) is 2.85. The number of anilines is 1. The topological polar surface area (TPSA) is 113 Å². The van der Waals surface area contributed by atoms with Gasteiger partial charge in [-0.15, -0.1) is 0 Å². The molecule has 1 atom stereocenters. The number of aliphatic hydroxyl groups is 1. The van der Waals surface area contributed by atoms with Crippen molar-refractivity contribution in [3.05, 3.63) is 54.4 Å². The van der Waals surface area contributed by atoms with E-state index in [9.17, 15) is 5.11 Å². The van der Waals surface area contributed by atoms with Crippen LogP contribution in [0, 0.1) is 5.41 Å². The summed E-state index contributed by atoms with van der Waals surface area (Å²) in [4.78, 5) is 7.09. The molecule has 162 valence electrons. The first-order valence-electron chi connectivity index (χ1n) is 10.3. The molecule has 2 aromatic heterocycles. The number of hydrogen-bond acceptors (Lipinski definition) is 7. The Kier molecular flexibility index (Phi) is 5.51. The summed E-state index contributed by atoms with van der Waals surface area (Å²) in [6, 6.07) is 10.0. The third-order valence-corrected chi connectivity index (χ3v) is 5.55. The van der Waals surface area contributed by atoms with Crippen molar-refractivity contribution in [1.29, 1.82) is 5.41 Å². The summed E-state index contributed by atoms with van der Waals surface area (Å²) < 4.78 is 7.08. The second-order valence-corrected chi connectivity index (χ2v) is 8.29. The summed E-state index contributed by atoms with van der Waals surface area (Å²) in [6.07, 6.45) is 4.50. The van der Waals surface area contributed by atoms with E-state index in [2.05, 4.69) is 16.9 Å². The minimum Gasteiger partial charge on any atom is -0.404 e. The molecule has 8 nitrogen and oxygen atoms in total. The zero-order valence-corrected chi connectivity index (χ0v) is 18.0. The van der Waals surface area contributed by atoms with Gasteiger partial charge in [-0.25, -0.2) is 4.98 Å². The maximum Gasteiger partial charge on any atom is 0.167 e. The Labute approximate surface area is 181 Å². The highest BCUT2D eigenvalue weighted by Gasteiger charge is 2.26. The van der Waals surface area contributed by atoms with Gasteiger partial charge in [-0.05, 0) is 55.8 Å². The van der Waals surface area contributed by atoms with Crippen LogP contribution >= 0.6 is 0 Å². The molecule has 0 saturated carbocycles. The van der Waals surface area contributed by atoms with E-state index in [4.69, 9.17) is 20.9 Å². The maximum atomic E-state index is 10.8. The molecule has 0 unspecified atom stereocenters. The van der Waals surface area contributed by atoms with E-state index in [0.29, 0.717) is 18.9 Å². The zero-order chi connectivity index (χ0) is 22.2. The van der Waals surface area contributed by atoms with Gasteiger partial charge in [-0.2, -0.15) is 9.78 Å². The number of allylic oxidation sites excluding steroid dienone is 1. The fraction of sp³-hybridized carbons (Fsp3) is 0.348. The van der Waals surface area contributed by atoms with E-state index >= 15 is 0 Å². The Hall–Kier alpha value is -3.23. The van der Waals surface area contributed by atoms with Crippen molar-refractivity contribution >= 4 is 22.7 Å². The zero-order valence-electron chi connectivity index (χ0n) is 18.0. The molecule has 1 saturated heterocycles. The Balaban J connectivity index is 2.00. The van der Waals surface area contributed by atoms with Crippen molar-refractivity contribution in [2.24, 2.45) is 5.73 Å². The maximum absolute atomic E-state index is 10.8. The number of nitrogens with one attached hydrogen (secondary N) is 1. The molecular weight excluding hydrogens is 392 g/mol. The molecule has 3 aromatic rings. The molecule has 0 spiro atoms. The van der Waals surface area contributed by atoms with Crippen LogP contribution in [0.4, 0.5) is 5.82 Å². The lowest BCUT2D eigenvalue weighted by Gasteiger charge is -2.34. The van der Waals surface area contributed by atoms with E-state index in [0.717, 1.165) is 34.4 Å². The van der Waals surface area contributed by atoms with Gasteiger partial charge in [-0.1, -0.05) is 24.3 Å². The summed E-state index contributed by atoms with van der Waals surface area (Å²) in [5.74, 6) is 0.911. The van der Waals surface area contributed by atoms with Crippen molar-refractivity contribution in [1.82, 2.24) is 14.8 Å². The van der Waals surface area contributed by atoms with Gasteiger partial charge in [0.2, 0.25) is 0 Å². The third kappa shape index (κ3) is 3.92. The van der Waals surface area contributed by atoms with E-state index in [1.54, 1.807) is 20.0 Å². The van der Waals surface area contributed by atoms with Gasteiger partial charge < -0.3 is 20.5 Å². The molecule has 1 fully saturated rings. The largest absolute Gasteiger partial charge is 0.404 e. The number of rotatable bonds is 4. The van der Waals surface area contributed by atoms with Gasteiger partial charge in [0.05, 0.1) is 31.1 Å². The quantitative estimate of drug-likeness (QED) is 0.442. The summed E-state index contributed by atoms with van der Waals surface area (Å²) in [7, 11) is 0. The third-order valence-electron chi connectivity index (χ3n) is 5.55. The highest BCUT2D eigenvalue weighted by atomic mass is 16.5. The minimum atomic E-state index is -1.02. The molecule has 0 aliphatic carbocycles. The van der Waals surface area contributed by atoms with Crippen LogP contribution in [-0.4, -0.2) is 51.5 Å². The number of ether oxygens (including phenoxy) is 1. The van der Waals surface area contributed by atoms with Gasteiger partial charge in [0, 0.05) is 11.9 Å². The molecule has 1 aromatic carbocycles. The van der Waals surface area contributed by atoms with Gasteiger partial charge in [0.1, 0.15) is 11.7 Å². The van der Waals surface area contributed by atoms with Crippen LogP contribution in [0.2, 0.25) is 0 Å². The number of benzene rings is 1. The van der Waals surface area contributed by atoms with Crippen LogP contribution in [0.5, 0.6) is 0 Å². The number of pyridine rings is 1. The molecule has 0 bridgehead atoms. The van der Waals surface area contributed by atoms with Crippen LogP contribution in [0.3, 0.4) is 0 Å². The van der Waals surface area contributed by atoms with Crippen LogP contribution in [0.1, 0.15) is 26.3 Å². The lowest BCUT2D eigenvalue weighted by molar-refractivity contribution is 0.0792. The highest BCUT2D eigenvalue weighted by molar-refractivity contribution is 6.02. The second kappa shape index (κ2) is 8.13. The Bertz CT molecular complexity index is 1140. The number of morpholine rings is 1. The van der Waals surface area contributed by atoms with E-state index in [1.807, 2.05) is 30.3 Å². The summed E-state index contributed by atoms with van der Waals surface area (Å²) in [6.45, 7) is 7.64. The Morgan fingerprint density at radius 1 is 1.32 bits per heavy atom. The molecule has 1 aliphatic rings. The predicted molar refractivity (Wildman–Crippen MR) is 122 cm³/mol. The molecule has 0 radical (unpaired) electrons. The average molecular weight is 421 g/mol. The van der Waals surface area contributed by atoms with Crippen molar-refractivity contribution in [3.63, 3.8) is 0 Å². The monoisotopic (exact) mass is 420 g/mol. The molecule has 31 heavy (non-hydrogen) atoms. The number of nitrogens with zero attached hydrogens (tertiary/aromatic N) is 4. The van der Waals surface area contributed by atoms with Crippen LogP contribution in [0.25, 0.3) is 22.2 Å². The lowest BCUT2D eigenvalue weighted by Crippen LogP contribution is -2.44. The van der Waals surface area contributed by atoms with Gasteiger partial charge in [0.15, 0.2) is 5.65 Å². The summed E-state index contributed by atoms with van der Waals surface area (Å²) >= 11 is 0. The fourth-order valence-electron chi connectivity index (χ4n) is 4.01. The smallest absolute Gasteiger partial charge is 0.167 e. The van der Waals surface area contributed by atoms with Crippen LogP contribution in [-0.2, 0) is 10.3 Å². The number of hydrogen-bond donors (Lipinski definition) is 3. The van der Waals surface area contributed by atoms with E-state index in [-0.39, 0.29) is 11.9 Å². The van der Waals surface area contributed by atoms with Crippen LogP contribution in [0.15, 0.2) is 48.8 Å². The number of fused-ring (bicyclic) bond motifs is 1. The number of aromatic nitrogens is 3. The normalized spacial score (nSPS) is 17.5. The molecule has 4 rings (SSSR count). The lowest BCUT2D eigenvalue weighted by atomic mass is 9.89. The summed E-state index contributed by atoms with van der Waals surface area (Å²) in [5, 5.41) is 24.3. The standard InChI is InChI=1S/C23H28N6O2/c1-15-14-31-11-10-28(15)21-12-17(16-6-4-5-7-19(16)23(2,3)30)18-13-26-29(22(18)27-21)20(25)8-9-24/h4-9,12-13,15,25,30H,10-11,14,24H2,1-3H3/b9-8-,25-20?/t15-/m1/s1. The Morgan fingerprint density at radius 2 is 2.10 bits per heavy atom. The van der Waals surface area contributed by atoms with Crippen molar-refractivity contribution in [2.75, 3.05) is 24.7 Å². The second-order valence-electron chi connectivity index (χ2n) is 8.29. The SMILES string of the molecule is C[C@@H]1COCCN1c1cc(-c2ccccc2C(C)(C)O)c2cnn(C(=N)/C=C\N)c2n1. The van der Waals surface area contributed by atoms with E-state index in [1.165, 1.54) is 17.0 Å². The van der Waals surface area contributed by atoms with Crippen molar-refractivity contribution < 1.29 is 9.84 Å². The average Bonchev–Trinajstić information content (AvgIpc) is 3.17. The molecule has 1 aliphatic heterocycles. The minimum absolute atomic E-state index is 0.124. The first-order valence-corrected chi connectivity index (χ1v) is 10.3. The molecular formula is C23H28N6O2. The van der Waals surface area contributed by atoms with Crippen LogP contribution < -0.4 is 10.6 Å². The van der Waals surface area contributed by atoms with Gasteiger partial charge in [-0.3, -0.25) is 5.41 Å². The van der Waals surface area contributed by atoms with Gasteiger partial charge >= 0.3 is 0 Å². The summed E-state index contributed by atoms with van der Waals surface area (Å²) in [5.41, 5.74) is 7.68. The first-order chi connectivity index (χ1) is 14.8. The number of nitrogens with two attached hydrogens (primary N) is 1. The molecule has 8 heteroatoms. The molecule has 0 amide bonds. The van der Waals surface area contributed by atoms with Crippen molar-refractivity contribution in [2.45, 2.75) is 32.4 Å². The van der Waals surface area contributed by atoms with Gasteiger partial charge in [0.25, 0.3) is 0 Å². The highest BCUT2D eigenvalue weighted by Crippen LogP contribution is 2.37.